The average molecular weight is 517 g/mol. The molecule has 0 unspecified atom stereocenters. The maximum atomic E-state index is 6.27. The maximum absolute atomic E-state index is 6.27. The monoisotopic (exact) mass is 516 g/mol. The van der Waals surface area contributed by atoms with Crippen molar-refractivity contribution in [1.82, 2.24) is 4.57 Å². The number of rotatable bonds is 4. The molecule has 0 N–H and O–H groups in total. The Morgan fingerprint density at radius 1 is 0.475 bits per heavy atom. The third-order valence-corrected chi connectivity index (χ3v) is 7.56. The molecule has 8 aromatic rings. The highest BCUT2D eigenvalue weighted by atomic mass is 16.3. The Hall–Kier alpha value is -5.28. The molecule has 0 saturated heterocycles. The van der Waals surface area contributed by atoms with Gasteiger partial charge in [0.2, 0.25) is 0 Å². The van der Waals surface area contributed by atoms with Gasteiger partial charge in [-0.15, -0.1) is 0 Å². The number of para-hydroxylation sites is 4. The molecule has 2 heterocycles. The first-order valence-electron chi connectivity index (χ1n) is 13.2. The molecule has 0 spiro atoms. The standard InChI is InChI=1S/C36H24N2O.CH4/c1-3-12-25(13-4-1)37(33-19-11-21-35-36(33)29-17-8-10-20-34(29)39-35)27-22-23-32-30(24-27)28-16-7-9-18-31(28)38(32)26-14-5-2-6-15-26;/h1-24H;1H4. The first-order chi connectivity index (χ1) is 19.4. The third-order valence-electron chi connectivity index (χ3n) is 7.56. The van der Waals surface area contributed by atoms with E-state index in [0.29, 0.717) is 0 Å². The fraction of sp³-hybridized carbons (Fsp3) is 0.0270. The predicted molar refractivity (Wildman–Crippen MR) is 169 cm³/mol. The van der Waals surface area contributed by atoms with Gasteiger partial charge in [0, 0.05) is 33.2 Å². The second-order valence-electron chi connectivity index (χ2n) is 9.81. The van der Waals surface area contributed by atoms with Gasteiger partial charge in [0.15, 0.2) is 0 Å². The van der Waals surface area contributed by atoms with Crippen molar-refractivity contribution in [3.05, 3.63) is 146 Å². The van der Waals surface area contributed by atoms with E-state index in [1.165, 1.54) is 21.8 Å². The maximum Gasteiger partial charge on any atom is 0.137 e. The number of fused-ring (bicyclic) bond motifs is 6. The van der Waals surface area contributed by atoms with Crippen LogP contribution in [0.15, 0.2) is 150 Å². The zero-order valence-corrected chi connectivity index (χ0v) is 21.2. The number of benzene rings is 6. The van der Waals surface area contributed by atoms with E-state index in [1.807, 2.05) is 12.1 Å². The van der Waals surface area contributed by atoms with Gasteiger partial charge in [-0.25, -0.2) is 0 Å². The summed E-state index contributed by atoms with van der Waals surface area (Å²) in [4.78, 5) is 2.35. The topological polar surface area (TPSA) is 21.3 Å². The first kappa shape index (κ1) is 23.8. The van der Waals surface area contributed by atoms with Gasteiger partial charge in [0.25, 0.3) is 0 Å². The Labute approximate surface area is 233 Å². The lowest BCUT2D eigenvalue weighted by atomic mass is 10.1. The molecule has 0 radical (unpaired) electrons. The number of furan rings is 1. The summed E-state index contributed by atoms with van der Waals surface area (Å²) in [5.74, 6) is 0. The summed E-state index contributed by atoms with van der Waals surface area (Å²) in [6.07, 6.45) is 0. The largest absolute Gasteiger partial charge is 0.456 e. The van der Waals surface area contributed by atoms with E-state index in [4.69, 9.17) is 4.42 Å². The van der Waals surface area contributed by atoms with Gasteiger partial charge in [0.05, 0.1) is 22.1 Å². The molecule has 0 atom stereocenters. The highest BCUT2D eigenvalue weighted by molar-refractivity contribution is 6.14. The van der Waals surface area contributed by atoms with Crippen molar-refractivity contribution in [3.8, 4) is 5.69 Å². The van der Waals surface area contributed by atoms with E-state index in [2.05, 4.69) is 143 Å². The van der Waals surface area contributed by atoms with Crippen molar-refractivity contribution < 1.29 is 4.42 Å². The molecule has 0 aliphatic carbocycles. The molecule has 0 fully saturated rings. The second kappa shape index (κ2) is 9.48. The van der Waals surface area contributed by atoms with Crippen LogP contribution in [0, 0.1) is 0 Å². The molecule has 192 valence electrons. The summed E-state index contributed by atoms with van der Waals surface area (Å²) >= 11 is 0. The number of anilines is 3. The number of hydrogen-bond donors (Lipinski definition) is 0. The Morgan fingerprint density at radius 2 is 1.12 bits per heavy atom. The summed E-state index contributed by atoms with van der Waals surface area (Å²) < 4.78 is 8.62. The van der Waals surface area contributed by atoms with Crippen molar-refractivity contribution in [2.75, 3.05) is 4.90 Å². The number of hydrogen-bond acceptors (Lipinski definition) is 2. The van der Waals surface area contributed by atoms with Crippen LogP contribution >= 0.6 is 0 Å². The second-order valence-corrected chi connectivity index (χ2v) is 9.81. The molecule has 40 heavy (non-hydrogen) atoms. The van der Waals surface area contributed by atoms with Crippen LogP contribution in [0.5, 0.6) is 0 Å². The predicted octanol–water partition coefficient (Wildman–Crippen LogP) is 10.8. The van der Waals surface area contributed by atoms with E-state index in [1.54, 1.807) is 0 Å². The van der Waals surface area contributed by atoms with E-state index in [9.17, 15) is 0 Å². The SMILES string of the molecule is C.c1ccc(N(c2ccc3c(c2)c2ccccc2n3-c2ccccc2)c2cccc3oc4ccccc4c23)cc1. The van der Waals surface area contributed by atoms with E-state index < -0.39 is 0 Å². The Morgan fingerprint density at radius 3 is 1.95 bits per heavy atom. The highest BCUT2D eigenvalue weighted by Gasteiger charge is 2.20. The molecule has 0 bridgehead atoms. The molecule has 3 nitrogen and oxygen atoms in total. The summed E-state index contributed by atoms with van der Waals surface area (Å²) in [5.41, 5.74) is 8.62. The Kier molecular flexibility index (Phi) is 5.64. The van der Waals surface area contributed by atoms with E-state index in [0.717, 1.165) is 44.7 Å². The summed E-state index contributed by atoms with van der Waals surface area (Å²) in [5, 5.41) is 4.69. The third kappa shape index (κ3) is 3.59. The smallest absolute Gasteiger partial charge is 0.137 e. The minimum atomic E-state index is 0. The fourth-order valence-corrected chi connectivity index (χ4v) is 5.90. The number of nitrogens with zero attached hydrogens (tertiary/aromatic N) is 2. The van der Waals surface area contributed by atoms with Crippen LogP contribution in [-0.2, 0) is 0 Å². The van der Waals surface area contributed by atoms with Crippen LogP contribution < -0.4 is 4.90 Å². The zero-order chi connectivity index (χ0) is 25.8. The molecule has 8 rings (SSSR count). The molecular weight excluding hydrogens is 488 g/mol. The minimum Gasteiger partial charge on any atom is -0.456 e. The quantitative estimate of drug-likeness (QED) is 0.232. The van der Waals surface area contributed by atoms with Gasteiger partial charge < -0.3 is 13.9 Å². The van der Waals surface area contributed by atoms with Crippen LogP contribution in [0.1, 0.15) is 7.43 Å². The van der Waals surface area contributed by atoms with Crippen molar-refractivity contribution in [3.63, 3.8) is 0 Å². The lowest BCUT2D eigenvalue weighted by Gasteiger charge is -2.26. The van der Waals surface area contributed by atoms with Gasteiger partial charge >= 0.3 is 0 Å². The van der Waals surface area contributed by atoms with Crippen molar-refractivity contribution in [2.24, 2.45) is 0 Å². The molecule has 3 heteroatoms. The Bertz CT molecular complexity index is 2120. The van der Waals surface area contributed by atoms with Crippen LogP contribution in [-0.4, -0.2) is 4.57 Å². The molecule has 0 amide bonds. The van der Waals surface area contributed by atoms with E-state index in [-0.39, 0.29) is 7.43 Å². The van der Waals surface area contributed by atoms with Gasteiger partial charge in [0.1, 0.15) is 11.2 Å². The fourth-order valence-electron chi connectivity index (χ4n) is 5.90. The van der Waals surface area contributed by atoms with E-state index >= 15 is 0 Å². The summed E-state index contributed by atoms with van der Waals surface area (Å²) in [6, 6.07) is 51.2. The minimum absolute atomic E-state index is 0. The van der Waals surface area contributed by atoms with Crippen molar-refractivity contribution in [1.29, 1.82) is 0 Å². The van der Waals surface area contributed by atoms with Gasteiger partial charge in [-0.2, -0.15) is 0 Å². The number of aromatic nitrogens is 1. The van der Waals surface area contributed by atoms with Crippen LogP contribution in [0.3, 0.4) is 0 Å². The molecular formula is C37H28N2O. The van der Waals surface area contributed by atoms with Crippen LogP contribution in [0.4, 0.5) is 17.1 Å². The molecule has 6 aromatic carbocycles. The first-order valence-corrected chi connectivity index (χ1v) is 13.2. The van der Waals surface area contributed by atoms with Crippen LogP contribution in [0.25, 0.3) is 49.4 Å². The van der Waals surface area contributed by atoms with Crippen LogP contribution in [0.2, 0.25) is 0 Å². The Balaban J connectivity index is 0.00000264. The van der Waals surface area contributed by atoms with Gasteiger partial charge in [-0.05, 0) is 66.7 Å². The lowest BCUT2D eigenvalue weighted by Crippen LogP contribution is -2.10. The molecule has 0 aliphatic heterocycles. The van der Waals surface area contributed by atoms with Gasteiger partial charge in [-0.1, -0.05) is 86.3 Å². The average Bonchev–Trinajstić information content (AvgIpc) is 3.54. The van der Waals surface area contributed by atoms with Crippen molar-refractivity contribution in [2.45, 2.75) is 7.43 Å². The summed E-state index contributed by atoms with van der Waals surface area (Å²) in [6.45, 7) is 0. The normalized spacial score (nSPS) is 11.3. The molecule has 2 aromatic heterocycles. The van der Waals surface area contributed by atoms with Gasteiger partial charge in [-0.3, -0.25) is 0 Å². The zero-order valence-electron chi connectivity index (χ0n) is 21.2. The summed E-state index contributed by atoms with van der Waals surface area (Å²) in [7, 11) is 0. The highest BCUT2D eigenvalue weighted by Crippen LogP contribution is 2.44. The van der Waals surface area contributed by atoms with Crippen molar-refractivity contribution >= 4 is 60.8 Å². The molecule has 0 saturated carbocycles. The lowest BCUT2D eigenvalue weighted by molar-refractivity contribution is 0.669. The molecule has 0 aliphatic rings.